The predicted octanol–water partition coefficient (Wildman–Crippen LogP) is 2.77. The largest absolute Gasteiger partial charge is 0.368 e. The molecular weight excluding hydrogens is 264 g/mol. The van der Waals surface area contributed by atoms with Gasteiger partial charge in [0, 0.05) is 22.5 Å². The molecule has 2 rings (SSSR count). The van der Waals surface area contributed by atoms with Gasteiger partial charge in [-0.2, -0.15) is 0 Å². The van der Waals surface area contributed by atoms with E-state index in [1.54, 1.807) is 12.1 Å². The molecule has 0 aliphatic carbocycles. The number of primary amides is 1. The normalized spacial score (nSPS) is 12.1. The van der Waals surface area contributed by atoms with Crippen molar-refractivity contribution in [3.05, 3.63) is 58.9 Å². The molecule has 0 fully saturated rings. The number of hydrogen-bond donors (Lipinski definition) is 1. The maximum absolute atomic E-state index is 12.6. The van der Waals surface area contributed by atoms with Crippen LogP contribution >= 0.6 is 0 Å². The molecule has 1 heterocycles. The number of rotatable bonds is 5. The lowest BCUT2D eigenvalue weighted by Gasteiger charge is -2.18. The molecule has 1 atom stereocenters. The van der Waals surface area contributed by atoms with Crippen molar-refractivity contribution in [2.75, 3.05) is 0 Å². The molecule has 2 aromatic rings. The minimum absolute atomic E-state index is 0.0331. The second-order valence-electron chi connectivity index (χ2n) is 5.18. The Labute approximate surface area is 124 Å². The van der Waals surface area contributed by atoms with Gasteiger partial charge in [0.15, 0.2) is 5.78 Å². The first kappa shape index (κ1) is 15.0. The van der Waals surface area contributed by atoms with Crippen LogP contribution in [0, 0.1) is 13.8 Å². The van der Waals surface area contributed by atoms with Gasteiger partial charge in [-0.1, -0.05) is 37.3 Å². The molecule has 0 aliphatic rings. The number of carbonyl (C=O) groups excluding carboxylic acids is 2. The second kappa shape index (κ2) is 5.95. The first-order valence-electron chi connectivity index (χ1n) is 7.04. The second-order valence-corrected chi connectivity index (χ2v) is 5.18. The maximum Gasteiger partial charge on any atom is 0.240 e. The summed E-state index contributed by atoms with van der Waals surface area (Å²) in [5, 5.41) is 0. The van der Waals surface area contributed by atoms with E-state index in [1.165, 1.54) is 0 Å². The van der Waals surface area contributed by atoms with Gasteiger partial charge in [0.25, 0.3) is 0 Å². The van der Waals surface area contributed by atoms with Crippen molar-refractivity contribution in [1.82, 2.24) is 4.57 Å². The van der Waals surface area contributed by atoms with E-state index in [0.29, 0.717) is 17.5 Å². The van der Waals surface area contributed by atoms with Crippen molar-refractivity contribution in [3.8, 4) is 0 Å². The van der Waals surface area contributed by atoms with Crippen molar-refractivity contribution in [3.63, 3.8) is 0 Å². The number of carbonyl (C=O) groups is 2. The van der Waals surface area contributed by atoms with Crippen LogP contribution in [0.15, 0.2) is 36.4 Å². The number of aromatic nitrogens is 1. The standard InChI is InChI=1S/C17H20N2O2/c1-4-15(17(18)21)19-11(2)10-14(12(19)3)16(20)13-8-6-5-7-9-13/h5-10,15H,4H2,1-3H3,(H2,18,21). The molecule has 0 saturated heterocycles. The van der Waals surface area contributed by atoms with Crippen molar-refractivity contribution < 1.29 is 9.59 Å². The van der Waals surface area contributed by atoms with Crippen LogP contribution in [-0.4, -0.2) is 16.3 Å². The molecule has 0 bridgehead atoms. The Hall–Kier alpha value is -2.36. The minimum atomic E-state index is -0.415. The zero-order valence-corrected chi connectivity index (χ0v) is 12.6. The average molecular weight is 284 g/mol. The van der Waals surface area contributed by atoms with Crippen molar-refractivity contribution in [1.29, 1.82) is 0 Å². The number of nitrogens with two attached hydrogens (primary N) is 1. The highest BCUT2D eigenvalue weighted by Crippen LogP contribution is 2.24. The van der Waals surface area contributed by atoms with Gasteiger partial charge in [-0.15, -0.1) is 0 Å². The number of aryl methyl sites for hydroxylation is 1. The summed E-state index contributed by atoms with van der Waals surface area (Å²) >= 11 is 0. The maximum atomic E-state index is 12.6. The molecule has 0 saturated carbocycles. The smallest absolute Gasteiger partial charge is 0.240 e. The van der Waals surface area contributed by atoms with Crippen molar-refractivity contribution >= 4 is 11.7 Å². The van der Waals surface area contributed by atoms with E-state index >= 15 is 0 Å². The summed E-state index contributed by atoms with van der Waals surface area (Å²) in [6.07, 6.45) is 0.602. The van der Waals surface area contributed by atoms with E-state index in [1.807, 2.05) is 49.6 Å². The molecule has 0 aliphatic heterocycles. The van der Waals surface area contributed by atoms with Gasteiger partial charge in [-0.05, 0) is 26.3 Å². The Bertz CT molecular complexity index is 672. The Morgan fingerprint density at radius 2 is 1.81 bits per heavy atom. The fourth-order valence-corrected chi connectivity index (χ4v) is 2.74. The summed E-state index contributed by atoms with van der Waals surface area (Å²) in [6.45, 7) is 5.65. The van der Waals surface area contributed by atoms with Crippen LogP contribution in [0.1, 0.15) is 46.7 Å². The Kier molecular flexibility index (Phi) is 4.26. The Balaban J connectivity index is 2.49. The van der Waals surface area contributed by atoms with Crippen LogP contribution in [0.3, 0.4) is 0 Å². The SMILES string of the molecule is CCC(C(N)=O)n1c(C)cc(C(=O)c2ccccc2)c1C. The summed E-state index contributed by atoms with van der Waals surface area (Å²) in [6, 6.07) is 10.5. The molecule has 4 heteroatoms. The highest BCUT2D eigenvalue weighted by atomic mass is 16.1. The molecule has 1 aromatic heterocycles. The molecule has 1 amide bonds. The summed E-state index contributed by atoms with van der Waals surface area (Å²) in [5.74, 6) is -0.410. The van der Waals surface area contributed by atoms with Crippen LogP contribution in [0.2, 0.25) is 0 Å². The van der Waals surface area contributed by atoms with Crippen LogP contribution in [0.5, 0.6) is 0 Å². The number of amides is 1. The lowest BCUT2D eigenvalue weighted by Crippen LogP contribution is -2.27. The number of hydrogen-bond acceptors (Lipinski definition) is 2. The zero-order chi connectivity index (χ0) is 15.6. The van der Waals surface area contributed by atoms with Crippen molar-refractivity contribution in [2.45, 2.75) is 33.2 Å². The van der Waals surface area contributed by atoms with Crippen LogP contribution < -0.4 is 5.73 Å². The highest BCUT2D eigenvalue weighted by molar-refractivity contribution is 6.10. The van der Waals surface area contributed by atoms with E-state index < -0.39 is 6.04 Å². The van der Waals surface area contributed by atoms with E-state index in [2.05, 4.69) is 0 Å². The third-order valence-electron chi connectivity index (χ3n) is 3.79. The molecule has 0 spiro atoms. The van der Waals surface area contributed by atoms with Crippen molar-refractivity contribution in [2.24, 2.45) is 5.73 Å². The third kappa shape index (κ3) is 2.75. The molecule has 110 valence electrons. The molecule has 2 N–H and O–H groups in total. The van der Waals surface area contributed by atoms with Gasteiger partial charge in [0.2, 0.25) is 5.91 Å². The molecular formula is C17H20N2O2. The monoisotopic (exact) mass is 284 g/mol. The fraction of sp³-hybridized carbons (Fsp3) is 0.294. The van der Waals surface area contributed by atoms with Gasteiger partial charge in [-0.3, -0.25) is 9.59 Å². The third-order valence-corrected chi connectivity index (χ3v) is 3.79. The van der Waals surface area contributed by atoms with Crippen LogP contribution in [-0.2, 0) is 4.79 Å². The van der Waals surface area contributed by atoms with Gasteiger partial charge in [0.05, 0.1) is 0 Å². The quantitative estimate of drug-likeness (QED) is 0.858. The van der Waals surface area contributed by atoms with Crippen LogP contribution in [0.4, 0.5) is 0 Å². The van der Waals surface area contributed by atoms with Gasteiger partial charge < -0.3 is 10.3 Å². The lowest BCUT2D eigenvalue weighted by atomic mass is 10.0. The lowest BCUT2D eigenvalue weighted by molar-refractivity contribution is -0.121. The van der Waals surface area contributed by atoms with Crippen LogP contribution in [0.25, 0.3) is 0 Å². The number of benzene rings is 1. The van der Waals surface area contributed by atoms with Gasteiger partial charge in [0.1, 0.15) is 6.04 Å². The first-order chi connectivity index (χ1) is 9.97. The summed E-state index contributed by atoms with van der Waals surface area (Å²) in [4.78, 5) is 24.2. The van der Waals surface area contributed by atoms with Gasteiger partial charge in [-0.25, -0.2) is 0 Å². The fourth-order valence-electron chi connectivity index (χ4n) is 2.74. The minimum Gasteiger partial charge on any atom is -0.368 e. The van der Waals surface area contributed by atoms with E-state index in [9.17, 15) is 9.59 Å². The summed E-state index contributed by atoms with van der Waals surface area (Å²) in [5.41, 5.74) is 8.39. The average Bonchev–Trinajstić information content (AvgIpc) is 2.76. The summed E-state index contributed by atoms with van der Waals surface area (Å²) in [7, 11) is 0. The number of ketones is 1. The summed E-state index contributed by atoms with van der Waals surface area (Å²) < 4.78 is 1.86. The molecule has 21 heavy (non-hydrogen) atoms. The molecule has 0 radical (unpaired) electrons. The topological polar surface area (TPSA) is 65.1 Å². The van der Waals surface area contributed by atoms with Gasteiger partial charge >= 0.3 is 0 Å². The molecule has 4 nitrogen and oxygen atoms in total. The molecule has 1 unspecified atom stereocenters. The van der Waals surface area contributed by atoms with E-state index in [-0.39, 0.29) is 11.7 Å². The highest BCUT2D eigenvalue weighted by Gasteiger charge is 2.23. The Morgan fingerprint density at radius 3 is 2.33 bits per heavy atom. The zero-order valence-electron chi connectivity index (χ0n) is 12.6. The predicted molar refractivity (Wildman–Crippen MR) is 82.3 cm³/mol. The van der Waals surface area contributed by atoms with E-state index in [4.69, 9.17) is 5.73 Å². The number of nitrogens with zero attached hydrogens (tertiary/aromatic N) is 1. The first-order valence-corrected chi connectivity index (χ1v) is 7.04. The molecule has 1 aromatic carbocycles. The Morgan fingerprint density at radius 1 is 1.19 bits per heavy atom. The van der Waals surface area contributed by atoms with E-state index in [0.717, 1.165) is 11.4 Å².